The second-order valence-electron chi connectivity index (χ2n) is 6.49. The highest BCUT2D eigenvalue weighted by atomic mass is 32.1. The van der Waals surface area contributed by atoms with E-state index in [1.54, 1.807) is 29.5 Å². The first-order chi connectivity index (χ1) is 14.0. The number of carbonyl (C=O) groups excluding carboxylic acids is 1. The average molecular weight is 415 g/mol. The number of carbonyl (C=O) groups is 1. The van der Waals surface area contributed by atoms with Crippen LogP contribution in [0.25, 0.3) is 5.13 Å². The van der Waals surface area contributed by atoms with Crippen molar-refractivity contribution in [2.45, 2.75) is 34.1 Å². The Balaban J connectivity index is 1.59. The van der Waals surface area contributed by atoms with Crippen LogP contribution in [-0.2, 0) is 6.42 Å². The number of thiazole rings is 1. The summed E-state index contributed by atoms with van der Waals surface area (Å²) in [7, 11) is 0. The van der Waals surface area contributed by atoms with Crippen LogP contribution in [0.4, 0.5) is 0 Å². The lowest BCUT2D eigenvalue weighted by molar-refractivity contribution is 0.0953. The molecule has 3 aromatic rings. The minimum Gasteiger partial charge on any atom is -0.490 e. The fourth-order valence-corrected chi connectivity index (χ4v) is 3.80. The van der Waals surface area contributed by atoms with Gasteiger partial charge in [-0.05, 0) is 52.0 Å². The van der Waals surface area contributed by atoms with E-state index in [1.807, 2.05) is 43.8 Å². The molecule has 0 aliphatic carbocycles. The molecule has 0 aliphatic rings. The summed E-state index contributed by atoms with van der Waals surface area (Å²) in [5.41, 5.74) is 3.49. The Morgan fingerprint density at radius 1 is 1.14 bits per heavy atom. The molecule has 0 radical (unpaired) electrons. The van der Waals surface area contributed by atoms with Gasteiger partial charge in [0, 0.05) is 29.6 Å². The Hall–Kier alpha value is -2.87. The molecule has 29 heavy (non-hydrogen) atoms. The van der Waals surface area contributed by atoms with E-state index in [1.165, 1.54) is 0 Å². The van der Waals surface area contributed by atoms with E-state index < -0.39 is 0 Å². The van der Waals surface area contributed by atoms with Crippen molar-refractivity contribution in [3.8, 4) is 16.6 Å². The lowest BCUT2D eigenvalue weighted by atomic mass is 10.2. The quantitative estimate of drug-likeness (QED) is 0.577. The van der Waals surface area contributed by atoms with Crippen LogP contribution >= 0.6 is 11.3 Å². The van der Waals surface area contributed by atoms with Crippen LogP contribution in [-0.4, -0.2) is 40.4 Å². The van der Waals surface area contributed by atoms with Crippen LogP contribution < -0.4 is 14.8 Å². The number of amides is 1. The van der Waals surface area contributed by atoms with Gasteiger partial charge in [-0.2, -0.15) is 5.10 Å². The van der Waals surface area contributed by atoms with E-state index in [2.05, 4.69) is 15.4 Å². The summed E-state index contributed by atoms with van der Waals surface area (Å²) in [6, 6.07) is 7.25. The molecule has 154 valence electrons. The van der Waals surface area contributed by atoms with Gasteiger partial charge in [0.05, 0.1) is 24.6 Å². The third-order valence-corrected chi connectivity index (χ3v) is 5.07. The van der Waals surface area contributed by atoms with Gasteiger partial charge in [0.1, 0.15) is 0 Å². The summed E-state index contributed by atoms with van der Waals surface area (Å²) < 4.78 is 13.0. The number of nitrogens with zero attached hydrogens (tertiary/aromatic N) is 3. The summed E-state index contributed by atoms with van der Waals surface area (Å²) in [6.45, 7) is 9.33. The molecular formula is C21H26N4O3S. The zero-order chi connectivity index (χ0) is 20.8. The smallest absolute Gasteiger partial charge is 0.251 e. The molecule has 0 fully saturated rings. The van der Waals surface area contributed by atoms with Crippen molar-refractivity contribution < 1.29 is 14.3 Å². The molecule has 0 atom stereocenters. The van der Waals surface area contributed by atoms with Crippen LogP contribution in [0.3, 0.4) is 0 Å². The fourth-order valence-electron chi connectivity index (χ4n) is 2.93. The molecular weight excluding hydrogens is 388 g/mol. The maximum atomic E-state index is 12.5. The lowest BCUT2D eigenvalue weighted by Gasteiger charge is -2.12. The predicted molar refractivity (Wildman–Crippen MR) is 114 cm³/mol. The summed E-state index contributed by atoms with van der Waals surface area (Å²) >= 11 is 1.55. The van der Waals surface area contributed by atoms with Crippen molar-refractivity contribution >= 4 is 17.2 Å². The number of benzene rings is 1. The molecule has 1 aromatic carbocycles. The Bertz CT molecular complexity index is 980. The molecule has 0 spiro atoms. The third kappa shape index (κ3) is 5.14. The highest BCUT2D eigenvalue weighted by Gasteiger charge is 2.12. The SMILES string of the molecule is CCOc1ccc(C(=O)NCCc2csc(-n3nc(C)cc3C)n2)cc1OCC. The third-order valence-electron chi connectivity index (χ3n) is 4.20. The van der Waals surface area contributed by atoms with Gasteiger partial charge < -0.3 is 14.8 Å². The van der Waals surface area contributed by atoms with Crippen LogP contribution in [0.15, 0.2) is 29.6 Å². The van der Waals surface area contributed by atoms with Crippen LogP contribution in [0.5, 0.6) is 11.5 Å². The predicted octanol–water partition coefficient (Wildman–Crippen LogP) is 3.72. The first-order valence-electron chi connectivity index (χ1n) is 9.67. The molecule has 1 N–H and O–H groups in total. The van der Waals surface area contributed by atoms with E-state index in [0.717, 1.165) is 22.2 Å². The molecule has 0 bridgehead atoms. The zero-order valence-electron chi connectivity index (χ0n) is 17.2. The summed E-state index contributed by atoms with van der Waals surface area (Å²) in [5.74, 6) is 1.07. The molecule has 8 heteroatoms. The molecule has 3 rings (SSSR count). The number of rotatable bonds is 9. The lowest BCUT2D eigenvalue weighted by Crippen LogP contribution is -2.25. The minimum absolute atomic E-state index is 0.150. The highest BCUT2D eigenvalue weighted by Crippen LogP contribution is 2.28. The van der Waals surface area contributed by atoms with Crippen molar-refractivity contribution in [1.82, 2.24) is 20.1 Å². The van der Waals surface area contributed by atoms with Gasteiger partial charge in [0.25, 0.3) is 5.91 Å². The fraction of sp³-hybridized carbons (Fsp3) is 0.381. The van der Waals surface area contributed by atoms with Gasteiger partial charge in [-0.3, -0.25) is 4.79 Å². The summed E-state index contributed by atoms with van der Waals surface area (Å²) in [4.78, 5) is 17.1. The Morgan fingerprint density at radius 3 is 2.59 bits per heavy atom. The highest BCUT2D eigenvalue weighted by molar-refractivity contribution is 7.12. The van der Waals surface area contributed by atoms with Gasteiger partial charge in [-0.25, -0.2) is 9.67 Å². The number of hydrogen-bond acceptors (Lipinski definition) is 6. The number of hydrogen-bond donors (Lipinski definition) is 1. The van der Waals surface area contributed by atoms with E-state index in [-0.39, 0.29) is 5.91 Å². The largest absolute Gasteiger partial charge is 0.490 e. The van der Waals surface area contributed by atoms with E-state index >= 15 is 0 Å². The molecule has 0 saturated carbocycles. The second kappa shape index (κ2) is 9.56. The zero-order valence-corrected chi connectivity index (χ0v) is 18.0. The monoisotopic (exact) mass is 414 g/mol. The van der Waals surface area contributed by atoms with Crippen LogP contribution in [0.1, 0.15) is 41.3 Å². The Labute approximate surface area is 174 Å². The number of ether oxygens (including phenoxy) is 2. The second-order valence-corrected chi connectivity index (χ2v) is 7.33. The number of nitrogens with one attached hydrogen (secondary N) is 1. The van der Waals surface area contributed by atoms with Gasteiger partial charge in [-0.1, -0.05) is 0 Å². The van der Waals surface area contributed by atoms with Gasteiger partial charge in [0.15, 0.2) is 11.5 Å². The maximum Gasteiger partial charge on any atom is 0.251 e. The first-order valence-corrected chi connectivity index (χ1v) is 10.6. The van der Waals surface area contributed by atoms with E-state index in [9.17, 15) is 4.79 Å². The Kier molecular flexibility index (Phi) is 6.87. The molecule has 2 heterocycles. The minimum atomic E-state index is -0.150. The molecule has 0 unspecified atom stereocenters. The van der Waals surface area contributed by atoms with E-state index in [4.69, 9.17) is 9.47 Å². The van der Waals surface area contributed by atoms with Crippen molar-refractivity contribution in [3.63, 3.8) is 0 Å². The normalized spacial score (nSPS) is 10.8. The topological polar surface area (TPSA) is 78.3 Å². The van der Waals surface area contributed by atoms with Gasteiger partial charge in [-0.15, -0.1) is 11.3 Å². The van der Waals surface area contributed by atoms with Crippen molar-refractivity contribution in [2.24, 2.45) is 0 Å². The van der Waals surface area contributed by atoms with Crippen molar-refractivity contribution in [2.75, 3.05) is 19.8 Å². The molecule has 2 aromatic heterocycles. The van der Waals surface area contributed by atoms with Gasteiger partial charge in [0.2, 0.25) is 5.13 Å². The number of aryl methyl sites for hydroxylation is 2. The average Bonchev–Trinajstić information content (AvgIpc) is 3.29. The van der Waals surface area contributed by atoms with Crippen molar-refractivity contribution in [1.29, 1.82) is 0 Å². The molecule has 0 saturated heterocycles. The summed E-state index contributed by atoms with van der Waals surface area (Å²) in [5, 5.41) is 10.2. The molecule has 7 nitrogen and oxygen atoms in total. The Morgan fingerprint density at radius 2 is 1.90 bits per heavy atom. The number of aromatic nitrogens is 3. The van der Waals surface area contributed by atoms with Crippen LogP contribution in [0.2, 0.25) is 0 Å². The van der Waals surface area contributed by atoms with E-state index in [0.29, 0.717) is 43.2 Å². The molecule has 0 aliphatic heterocycles. The van der Waals surface area contributed by atoms with Gasteiger partial charge >= 0.3 is 0 Å². The molecule has 1 amide bonds. The van der Waals surface area contributed by atoms with Crippen molar-refractivity contribution in [3.05, 3.63) is 52.3 Å². The summed E-state index contributed by atoms with van der Waals surface area (Å²) in [6.07, 6.45) is 0.650. The maximum absolute atomic E-state index is 12.5. The van der Waals surface area contributed by atoms with Crippen LogP contribution in [0, 0.1) is 13.8 Å². The first kappa shape index (κ1) is 20.9. The standard InChI is InChI=1S/C21H26N4O3S/c1-5-27-18-8-7-16(12-19(18)28-6-2)20(26)22-10-9-17-13-29-21(23-17)25-15(4)11-14(3)24-25/h7-8,11-13H,5-6,9-10H2,1-4H3,(H,22,26).